The predicted octanol–water partition coefficient (Wildman–Crippen LogP) is 1.73. The third kappa shape index (κ3) is 7.39. The standard InChI is InChI=1S/C17H25ClF2N4O9P2/c1-32-12(7-33-35(30,31)8-34(27,28)29)15(26)14(25)11-6-21-16-10(4-13(18)23-24(11)16)22-9-2-3-17(19,20)5-9/h4,6,9,12,14-15,22,25-26H,2-3,5,7-8H2,1H3,(H,30,31)(H2,27,28,29)/t9?,12-,14+,15-/m1/s1. The molecule has 35 heavy (non-hydrogen) atoms. The van der Waals surface area contributed by atoms with E-state index in [-0.39, 0.29) is 41.4 Å². The van der Waals surface area contributed by atoms with Crippen LogP contribution in [0, 0.1) is 0 Å². The van der Waals surface area contributed by atoms with Crippen LogP contribution in [0.2, 0.25) is 5.15 Å². The van der Waals surface area contributed by atoms with Gasteiger partial charge in [0.2, 0.25) is 5.92 Å². The zero-order valence-electron chi connectivity index (χ0n) is 18.2. The van der Waals surface area contributed by atoms with Crippen LogP contribution in [0.25, 0.3) is 5.65 Å². The number of fused-ring (bicyclic) bond motifs is 1. The number of aromatic nitrogens is 3. The highest BCUT2D eigenvalue weighted by molar-refractivity contribution is 7.70. The van der Waals surface area contributed by atoms with Gasteiger partial charge in [-0.1, -0.05) is 11.6 Å². The molecule has 198 valence electrons. The molecule has 1 aliphatic carbocycles. The van der Waals surface area contributed by atoms with Crippen molar-refractivity contribution in [3.8, 4) is 0 Å². The van der Waals surface area contributed by atoms with Gasteiger partial charge in [-0.15, -0.1) is 0 Å². The molecule has 2 aromatic rings. The summed E-state index contributed by atoms with van der Waals surface area (Å²) in [6.07, 6.45) is -4.18. The molecule has 6 N–H and O–H groups in total. The number of alkyl halides is 2. The largest absolute Gasteiger partial charge is 0.387 e. The lowest BCUT2D eigenvalue weighted by molar-refractivity contribution is -0.0926. The molecule has 3 rings (SSSR count). The van der Waals surface area contributed by atoms with Crippen molar-refractivity contribution in [3.63, 3.8) is 0 Å². The Morgan fingerprint density at radius 1 is 1.34 bits per heavy atom. The molecule has 0 spiro atoms. The molecule has 1 fully saturated rings. The van der Waals surface area contributed by atoms with Gasteiger partial charge < -0.3 is 39.5 Å². The van der Waals surface area contributed by atoms with E-state index < -0.39 is 58.0 Å². The fourth-order valence-corrected chi connectivity index (χ4v) is 6.46. The number of aliphatic hydroxyl groups is 2. The summed E-state index contributed by atoms with van der Waals surface area (Å²) in [6.45, 7) is -0.796. The molecule has 0 aromatic carbocycles. The monoisotopic (exact) mass is 564 g/mol. The van der Waals surface area contributed by atoms with E-state index in [1.165, 1.54) is 12.3 Å². The van der Waals surface area contributed by atoms with Crippen LogP contribution in [0.1, 0.15) is 31.1 Å². The summed E-state index contributed by atoms with van der Waals surface area (Å²) in [7, 11) is -8.49. The highest BCUT2D eigenvalue weighted by Crippen LogP contribution is 2.55. The molecule has 1 saturated carbocycles. The van der Waals surface area contributed by atoms with E-state index in [1.54, 1.807) is 0 Å². The third-order valence-electron chi connectivity index (χ3n) is 5.34. The quantitative estimate of drug-likeness (QED) is 0.217. The number of aliphatic hydroxyl groups excluding tert-OH is 2. The fraction of sp³-hybridized carbons (Fsp3) is 0.647. The molecule has 5 atom stereocenters. The average molecular weight is 565 g/mol. The maximum absolute atomic E-state index is 13.6. The summed E-state index contributed by atoms with van der Waals surface area (Å²) in [5.41, 5.74) is 0.350. The van der Waals surface area contributed by atoms with Gasteiger partial charge >= 0.3 is 15.2 Å². The number of nitrogens with zero attached hydrogens (tertiary/aromatic N) is 3. The first-order valence-corrected chi connectivity index (χ1v) is 14.1. The Morgan fingerprint density at radius 3 is 2.60 bits per heavy atom. The molecular weight excluding hydrogens is 540 g/mol. The molecule has 0 amide bonds. The lowest BCUT2D eigenvalue weighted by Gasteiger charge is -2.26. The Hall–Kier alpha value is -1.25. The predicted molar refractivity (Wildman–Crippen MR) is 119 cm³/mol. The number of methoxy groups -OCH3 is 1. The maximum Gasteiger partial charge on any atom is 0.340 e. The lowest BCUT2D eigenvalue weighted by atomic mass is 10.1. The second-order valence-electron chi connectivity index (χ2n) is 8.19. The van der Waals surface area contributed by atoms with Gasteiger partial charge in [0, 0.05) is 32.1 Å². The van der Waals surface area contributed by atoms with Gasteiger partial charge in [0.1, 0.15) is 18.3 Å². The first-order valence-electron chi connectivity index (χ1n) is 10.2. The van der Waals surface area contributed by atoms with Gasteiger partial charge in [0.05, 0.1) is 24.2 Å². The molecule has 1 aliphatic rings. The van der Waals surface area contributed by atoms with E-state index in [2.05, 4.69) is 19.9 Å². The highest BCUT2D eigenvalue weighted by Gasteiger charge is 2.40. The molecule has 13 nitrogen and oxygen atoms in total. The Morgan fingerprint density at radius 2 is 2.03 bits per heavy atom. The summed E-state index contributed by atoms with van der Waals surface area (Å²) in [5.74, 6) is -4.22. The van der Waals surface area contributed by atoms with Crippen molar-refractivity contribution in [3.05, 3.63) is 23.1 Å². The SMILES string of the molecule is CO[C@H](COP(=O)(O)CP(=O)(O)O)[C@@H](O)[C@@H](O)c1cnc2c(NC3CCC(F)(F)C3)cc(Cl)nn12. The minimum absolute atomic E-state index is 0.0593. The van der Waals surface area contributed by atoms with E-state index in [4.69, 9.17) is 26.1 Å². The molecule has 0 saturated heterocycles. The lowest BCUT2D eigenvalue weighted by Crippen LogP contribution is -2.37. The van der Waals surface area contributed by atoms with Gasteiger partial charge in [-0.05, 0) is 6.42 Å². The Kier molecular flexibility index (Phi) is 8.60. The number of hydrogen-bond donors (Lipinski definition) is 6. The normalized spacial score (nSPS) is 22.6. The van der Waals surface area contributed by atoms with E-state index in [1.807, 2.05) is 0 Å². The van der Waals surface area contributed by atoms with Crippen molar-refractivity contribution in [1.82, 2.24) is 14.6 Å². The van der Waals surface area contributed by atoms with Crippen LogP contribution in [-0.2, 0) is 18.4 Å². The zero-order chi connectivity index (χ0) is 26.2. The molecule has 2 heterocycles. The molecular formula is C17H25ClF2N4O9P2. The minimum atomic E-state index is -4.86. The number of nitrogens with one attached hydrogen (secondary N) is 1. The second-order valence-corrected chi connectivity index (χ2v) is 12.6. The minimum Gasteiger partial charge on any atom is -0.387 e. The van der Waals surface area contributed by atoms with Crippen molar-refractivity contribution in [2.75, 3.05) is 24.9 Å². The topological polar surface area (TPSA) is 196 Å². The first-order chi connectivity index (χ1) is 16.1. The van der Waals surface area contributed by atoms with Crippen LogP contribution in [0.3, 0.4) is 0 Å². The van der Waals surface area contributed by atoms with Gasteiger partial charge in [-0.2, -0.15) is 5.10 Å². The van der Waals surface area contributed by atoms with Crippen LogP contribution in [0.4, 0.5) is 14.5 Å². The van der Waals surface area contributed by atoms with E-state index in [9.17, 15) is 33.0 Å². The summed E-state index contributed by atoms with van der Waals surface area (Å²) in [5, 5.41) is 28.2. The van der Waals surface area contributed by atoms with Crippen molar-refractivity contribution >= 4 is 38.1 Å². The summed E-state index contributed by atoms with van der Waals surface area (Å²) < 4.78 is 60.7. The fourth-order valence-electron chi connectivity index (χ4n) is 3.70. The second kappa shape index (κ2) is 10.6. The number of halogens is 3. The summed E-state index contributed by atoms with van der Waals surface area (Å²) >= 11 is 6.06. The molecule has 0 bridgehead atoms. The molecule has 2 unspecified atom stereocenters. The average Bonchev–Trinajstić information content (AvgIpc) is 3.28. The third-order valence-corrected chi connectivity index (χ3v) is 8.98. The van der Waals surface area contributed by atoms with E-state index in [0.717, 1.165) is 11.6 Å². The van der Waals surface area contributed by atoms with Gasteiger partial charge in [-0.3, -0.25) is 9.13 Å². The molecule has 0 aliphatic heterocycles. The number of anilines is 1. The summed E-state index contributed by atoms with van der Waals surface area (Å²) in [6, 6.07) is 0.846. The van der Waals surface area contributed by atoms with Crippen LogP contribution in [0.5, 0.6) is 0 Å². The van der Waals surface area contributed by atoms with Crippen molar-refractivity contribution < 1.29 is 52.1 Å². The summed E-state index contributed by atoms with van der Waals surface area (Å²) in [4.78, 5) is 31.5. The number of ether oxygens (including phenoxy) is 1. The van der Waals surface area contributed by atoms with Crippen LogP contribution < -0.4 is 5.32 Å². The molecule has 0 radical (unpaired) electrons. The van der Waals surface area contributed by atoms with Gasteiger partial charge in [0.25, 0.3) is 0 Å². The molecule has 18 heteroatoms. The molecule has 2 aromatic heterocycles. The van der Waals surface area contributed by atoms with Crippen molar-refractivity contribution in [2.45, 2.75) is 49.5 Å². The number of rotatable bonds is 11. The Labute approximate surface area is 202 Å². The van der Waals surface area contributed by atoms with E-state index in [0.29, 0.717) is 0 Å². The van der Waals surface area contributed by atoms with Gasteiger partial charge in [0.15, 0.2) is 16.7 Å². The van der Waals surface area contributed by atoms with Gasteiger partial charge in [-0.25, -0.2) is 18.3 Å². The van der Waals surface area contributed by atoms with Crippen LogP contribution in [0.15, 0.2) is 12.3 Å². The number of hydrogen-bond acceptors (Lipinski definition) is 9. The maximum atomic E-state index is 13.6. The Bertz CT molecular complexity index is 1150. The highest BCUT2D eigenvalue weighted by atomic mass is 35.5. The van der Waals surface area contributed by atoms with Crippen molar-refractivity contribution in [2.24, 2.45) is 0 Å². The first kappa shape index (κ1) is 28.3. The Balaban J connectivity index is 1.78. The zero-order valence-corrected chi connectivity index (χ0v) is 20.8. The van der Waals surface area contributed by atoms with Crippen molar-refractivity contribution in [1.29, 1.82) is 0 Å². The van der Waals surface area contributed by atoms with Crippen LogP contribution in [-0.4, -0.2) is 83.3 Å². The van der Waals surface area contributed by atoms with E-state index >= 15 is 0 Å². The smallest absolute Gasteiger partial charge is 0.340 e. The van der Waals surface area contributed by atoms with Crippen LogP contribution >= 0.6 is 26.8 Å². The number of imidazole rings is 1.